The van der Waals surface area contributed by atoms with Gasteiger partial charge >= 0.3 is 5.97 Å². The highest BCUT2D eigenvalue weighted by atomic mass is 16.4. The van der Waals surface area contributed by atoms with Crippen molar-refractivity contribution in [2.45, 2.75) is 0 Å². The van der Waals surface area contributed by atoms with E-state index in [1.54, 1.807) is 30.3 Å². The molecule has 0 radical (unpaired) electrons. The summed E-state index contributed by atoms with van der Waals surface area (Å²) in [6.07, 6.45) is 0.612. The average molecular weight is 192 g/mol. The Kier molecular flexibility index (Phi) is 3.37. The van der Waals surface area contributed by atoms with Crippen molar-refractivity contribution in [1.82, 2.24) is 5.43 Å². The number of aliphatic carboxylic acids is 1. The van der Waals surface area contributed by atoms with Gasteiger partial charge in [0.05, 0.1) is 0 Å². The zero-order valence-electron chi connectivity index (χ0n) is 7.18. The second-order valence-corrected chi connectivity index (χ2v) is 2.40. The van der Waals surface area contributed by atoms with Crippen molar-refractivity contribution in [3.63, 3.8) is 0 Å². The van der Waals surface area contributed by atoms with Gasteiger partial charge in [0.1, 0.15) is 6.21 Å². The van der Waals surface area contributed by atoms with Gasteiger partial charge in [-0.3, -0.25) is 4.79 Å². The molecule has 0 heterocycles. The molecule has 5 heteroatoms. The summed E-state index contributed by atoms with van der Waals surface area (Å²) in [6.45, 7) is 0. The SMILES string of the molecule is O=C(O)C=NNC(=O)c1ccccc1. The lowest BCUT2D eigenvalue weighted by molar-refractivity contribution is -0.128. The van der Waals surface area contributed by atoms with Crippen LogP contribution in [0.2, 0.25) is 0 Å². The fourth-order valence-electron chi connectivity index (χ4n) is 0.800. The van der Waals surface area contributed by atoms with E-state index >= 15 is 0 Å². The molecule has 0 aromatic heterocycles. The zero-order chi connectivity index (χ0) is 10.4. The van der Waals surface area contributed by atoms with E-state index < -0.39 is 11.9 Å². The Balaban J connectivity index is 2.56. The predicted octanol–water partition coefficient (Wildman–Crippen LogP) is 0.487. The van der Waals surface area contributed by atoms with E-state index in [2.05, 4.69) is 10.5 Å². The molecule has 5 nitrogen and oxygen atoms in total. The predicted molar refractivity (Wildman–Crippen MR) is 50.0 cm³/mol. The minimum Gasteiger partial charge on any atom is -0.477 e. The molecule has 1 aromatic rings. The van der Waals surface area contributed by atoms with Crippen molar-refractivity contribution in [3.05, 3.63) is 35.9 Å². The monoisotopic (exact) mass is 192 g/mol. The van der Waals surface area contributed by atoms with Crippen LogP contribution in [-0.2, 0) is 4.79 Å². The third-order valence-electron chi connectivity index (χ3n) is 1.38. The summed E-state index contributed by atoms with van der Waals surface area (Å²) in [5, 5.41) is 11.4. The number of amides is 1. The molecular formula is C9H8N2O3. The number of nitrogens with zero attached hydrogens (tertiary/aromatic N) is 1. The molecule has 14 heavy (non-hydrogen) atoms. The van der Waals surface area contributed by atoms with Crippen LogP contribution >= 0.6 is 0 Å². The molecule has 0 atom stereocenters. The summed E-state index contributed by atoms with van der Waals surface area (Å²) in [7, 11) is 0. The Labute approximate surface area is 80.1 Å². The van der Waals surface area contributed by atoms with Gasteiger partial charge < -0.3 is 5.11 Å². The van der Waals surface area contributed by atoms with E-state index in [-0.39, 0.29) is 0 Å². The highest BCUT2D eigenvalue weighted by Gasteiger charge is 2.01. The molecule has 0 fully saturated rings. The number of hydrogen-bond donors (Lipinski definition) is 2. The number of hydrazone groups is 1. The molecule has 0 aliphatic rings. The molecule has 0 saturated heterocycles. The summed E-state index contributed by atoms with van der Waals surface area (Å²) in [5.74, 6) is -1.65. The molecule has 1 rings (SSSR count). The van der Waals surface area contributed by atoms with Crippen molar-refractivity contribution in [2.75, 3.05) is 0 Å². The van der Waals surface area contributed by atoms with Gasteiger partial charge in [-0.2, -0.15) is 5.10 Å². The number of hydrogen-bond acceptors (Lipinski definition) is 3. The van der Waals surface area contributed by atoms with Crippen LogP contribution in [0, 0.1) is 0 Å². The fourth-order valence-corrected chi connectivity index (χ4v) is 0.800. The van der Waals surface area contributed by atoms with Crippen LogP contribution in [0.4, 0.5) is 0 Å². The Morgan fingerprint density at radius 3 is 2.50 bits per heavy atom. The summed E-state index contributed by atoms with van der Waals surface area (Å²) in [4.78, 5) is 21.2. The van der Waals surface area contributed by atoms with Gasteiger partial charge in [0, 0.05) is 5.56 Å². The van der Waals surface area contributed by atoms with E-state index in [1.807, 2.05) is 0 Å². The average Bonchev–Trinajstić information content (AvgIpc) is 2.18. The number of benzene rings is 1. The second-order valence-electron chi connectivity index (χ2n) is 2.40. The van der Waals surface area contributed by atoms with Crippen molar-refractivity contribution in [1.29, 1.82) is 0 Å². The van der Waals surface area contributed by atoms with Crippen LogP contribution in [0.1, 0.15) is 10.4 Å². The van der Waals surface area contributed by atoms with Crippen molar-refractivity contribution >= 4 is 18.1 Å². The summed E-state index contributed by atoms with van der Waals surface area (Å²) < 4.78 is 0. The van der Waals surface area contributed by atoms with E-state index in [1.165, 1.54) is 0 Å². The minimum absolute atomic E-state index is 0.426. The normalized spacial score (nSPS) is 10.0. The highest BCUT2D eigenvalue weighted by molar-refractivity contribution is 6.22. The third kappa shape index (κ3) is 3.06. The van der Waals surface area contributed by atoms with Crippen LogP contribution in [0.5, 0.6) is 0 Å². The smallest absolute Gasteiger partial charge is 0.348 e. The van der Waals surface area contributed by atoms with Gasteiger partial charge in [0.2, 0.25) is 0 Å². The van der Waals surface area contributed by atoms with E-state index in [0.29, 0.717) is 11.8 Å². The lowest BCUT2D eigenvalue weighted by Gasteiger charge is -1.97. The maximum Gasteiger partial charge on any atom is 0.348 e. The summed E-state index contributed by atoms with van der Waals surface area (Å²) in [5.41, 5.74) is 2.51. The van der Waals surface area contributed by atoms with Gasteiger partial charge in [-0.15, -0.1) is 0 Å². The molecule has 1 amide bonds. The van der Waals surface area contributed by atoms with E-state index in [4.69, 9.17) is 5.11 Å². The maximum absolute atomic E-state index is 11.2. The van der Waals surface area contributed by atoms with Crippen LogP contribution in [-0.4, -0.2) is 23.2 Å². The molecule has 0 unspecified atom stereocenters. The van der Waals surface area contributed by atoms with Gasteiger partial charge in [-0.25, -0.2) is 10.2 Å². The van der Waals surface area contributed by atoms with Crippen LogP contribution < -0.4 is 5.43 Å². The molecule has 0 aliphatic heterocycles. The fraction of sp³-hybridized carbons (Fsp3) is 0. The first-order valence-corrected chi connectivity index (χ1v) is 3.81. The van der Waals surface area contributed by atoms with Crippen LogP contribution in [0.25, 0.3) is 0 Å². The lowest BCUT2D eigenvalue weighted by Crippen LogP contribution is -2.18. The summed E-state index contributed by atoms with van der Waals surface area (Å²) in [6, 6.07) is 8.39. The maximum atomic E-state index is 11.2. The van der Waals surface area contributed by atoms with Gasteiger partial charge in [0.15, 0.2) is 0 Å². The third-order valence-corrected chi connectivity index (χ3v) is 1.38. The Hall–Kier alpha value is -2.17. The first-order chi connectivity index (χ1) is 6.70. The van der Waals surface area contributed by atoms with Crippen LogP contribution in [0.15, 0.2) is 35.4 Å². The number of rotatable bonds is 3. The number of carboxylic acid groups (broad SMARTS) is 1. The number of carbonyl (C=O) groups is 2. The lowest BCUT2D eigenvalue weighted by atomic mass is 10.2. The molecule has 1 aromatic carbocycles. The molecule has 0 aliphatic carbocycles. The first-order valence-electron chi connectivity index (χ1n) is 3.81. The zero-order valence-corrected chi connectivity index (χ0v) is 7.18. The van der Waals surface area contributed by atoms with Crippen molar-refractivity contribution in [3.8, 4) is 0 Å². The number of nitrogens with one attached hydrogen (secondary N) is 1. The number of carboxylic acids is 1. The molecule has 72 valence electrons. The van der Waals surface area contributed by atoms with E-state index in [9.17, 15) is 9.59 Å². The second kappa shape index (κ2) is 4.76. The standard InChI is InChI=1S/C9H8N2O3/c12-8(13)6-10-11-9(14)7-4-2-1-3-5-7/h1-6H,(H,11,14)(H,12,13). The van der Waals surface area contributed by atoms with Gasteiger partial charge in [0.25, 0.3) is 5.91 Å². The Morgan fingerprint density at radius 2 is 1.93 bits per heavy atom. The Bertz CT molecular complexity index is 360. The molecule has 0 saturated carbocycles. The first kappa shape index (κ1) is 9.91. The molecule has 0 spiro atoms. The summed E-state index contributed by atoms with van der Waals surface area (Å²) >= 11 is 0. The highest BCUT2D eigenvalue weighted by Crippen LogP contribution is 1.96. The van der Waals surface area contributed by atoms with E-state index in [0.717, 1.165) is 0 Å². The number of carbonyl (C=O) groups excluding carboxylic acids is 1. The van der Waals surface area contributed by atoms with Crippen molar-refractivity contribution in [2.24, 2.45) is 5.10 Å². The van der Waals surface area contributed by atoms with Gasteiger partial charge in [-0.1, -0.05) is 18.2 Å². The topological polar surface area (TPSA) is 78.8 Å². The van der Waals surface area contributed by atoms with Gasteiger partial charge in [-0.05, 0) is 12.1 Å². The van der Waals surface area contributed by atoms with Crippen molar-refractivity contribution < 1.29 is 14.7 Å². The molecule has 0 bridgehead atoms. The largest absolute Gasteiger partial charge is 0.477 e. The van der Waals surface area contributed by atoms with Crippen LogP contribution in [0.3, 0.4) is 0 Å². The molecular weight excluding hydrogens is 184 g/mol. The Morgan fingerprint density at radius 1 is 1.29 bits per heavy atom. The quantitative estimate of drug-likeness (QED) is 0.540. The molecule has 2 N–H and O–H groups in total. The minimum atomic E-state index is -1.21.